The molecule has 3 aromatic rings. The predicted octanol–water partition coefficient (Wildman–Crippen LogP) is 3.92. The summed E-state index contributed by atoms with van der Waals surface area (Å²) < 4.78 is 15.8. The number of hydrogen-bond donors (Lipinski definition) is 1. The van der Waals surface area contributed by atoms with Crippen LogP contribution in [-0.4, -0.2) is 35.9 Å². The van der Waals surface area contributed by atoms with Crippen molar-refractivity contribution < 1.29 is 28.6 Å². The highest BCUT2D eigenvalue weighted by atomic mass is 16.5. The molecule has 0 bridgehead atoms. The fourth-order valence-electron chi connectivity index (χ4n) is 3.67. The van der Waals surface area contributed by atoms with Gasteiger partial charge in [-0.15, -0.1) is 0 Å². The Labute approximate surface area is 179 Å². The summed E-state index contributed by atoms with van der Waals surface area (Å²) in [5, 5.41) is 11.1. The number of benzene rings is 2. The first-order chi connectivity index (χ1) is 15.0. The molecule has 7 heteroatoms. The molecule has 1 saturated heterocycles. The molecule has 158 valence electrons. The summed E-state index contributed by atoms with van der Waals surface area (Å²) in [7, 11) is 3.07. The second kappa shape index (κ2) is 8.39. The molecule has 4 rings (SSSR count). The van der Waals surface area contributed by atoms with E-state index < -0.39 is 17.7 Å². The molecule has 2 aromatic carbocycles. The molecule has 1 aliphatic rings. The summed E-state index contributed by atoms with van der Waals surface area (Å²) in [6.07, 6.45) is 1.50. The Morgan fingerprint density at radius 3 is 2.39 bits per heavy atom. The number of carbonyl (C=O) groups excluding carboxylic acids is 2. The topological polar surface area (TPSA) is 89.2 Å². The van der Waals surface area contributed by atoms with Crippen molar-refractivity contribution in [3.63, 3.8) is 0 Å². The molecule has 0 saturated carbocycles. The maximum absolute atomic E-state index is 13.0. The molecule has 1 amide bonds. The number of amides is 1. The number of ether oxygens (including phenoxy) is 2. The third kappa shape index (κ3) is 3.77. The number of aliphatic hydroxyl groups is 1. The number of methoxy groups -OCH3 is 2. The van der Waals surface area contributed by atoms with Crippen LogP contribution in [0.25, 0.3) is 5.76 Å². The summed E-state index contributed by atoms with van der Waals surface area (Å²) in [6, 6.07) is 16.4. The molecule has 2 heterocycles. The van der Waals surface area contributed by atoms with E-state index in [0.29, 0.717) is 28.4 Å². The van der Waals surface area contributed by atoms with Crippen LogP contribution >= 0.6 is 0 Å². The second-order valence-corrected chi connectivity index (χ2v) is 7.01. The minimum absolute atomic E-state index is 0.00924. The van der Waals surface area contributed by atoms with Crippen LogP contribution in [0.2, 0.25) is 0 Å². The van der Waals surface area contributed by atoms with Gasteiger partial charge in [0, 0.05) is 5.56 Å². The molecule has 1 atom stereocenters. The number of aliphatic hydroxyl groups excluding tert-OH is 1. The smallest absolute Gasteiger partial charge is 0.296 e. The van der Waals surface area contributed by atoms with Gasteiger partial charge in [-0.05, 0) is 42.0 Å². The van der Waals surface area contributed by atoms with Crippen molar-refractivity contribution in [3.8, 4) is 11.5 Å². The van der Waals surface area contributed by atoms with E-state index in [1.54, 1.807) is 67.8 Å². The Morgan fingerprint density at radius 2 is 1.74 bits per heavy atom. The number of likely N-dealkylation sites (tertiary alicyclic amines) is 1. The Bertz CT molecular complexity index is 1130. The van der Waals surface area contributed by atoms with E-state index in [1.807, 2.05) is 0 Å². The molecule has 1 unspecified atom stereocenters. The van der Waals surface area contributed by atoms with Gasteiger partial charge in [0.2, 0.25) is 0 Å². The lowest BCUT2D eigenvalue weighted by Gasteiger charge is -2.24. The van der Waals surface area contributed by atoms with Crippen molar-refractivity contribution in [1.29, 1.82) is 0 Å². The van der Waals surface area contributed by atoms with Gasteiger partial charge in [0.15, 0.2) is 0 Å². The van der Waals surface area contributed by atoms with E-state index >= 15 is 0 Å². The van der Waals surface area contributed by atoms with Crippen molar-refractivity contribution in [2.75, 3.05) is 14.2 Å². The van der Waals surface area contributed by atoms with Gasteiger partial charge in [-0.3, -0.25) is 9.59 Å². The van der Waals surface area contributed by atoms with Gasteiger partial charge in [-0.2, -0.15) is 0 Å². The SMILES string of the molecule is COc1ccc(C2C(=C(O)c3cccc(OC)c3)C(=O)C(=O)N2Cc2ccco2)cc1. The van der Waals surface area contributed by atoms with Crippen molar-refractivity contribution in [2.45, 2.75) is 12.6 Å². The Morgan fingerprint density at radius 1 is 1.00 bits per heavy atom. The second-order valence-electron chi connectivity index (χ2n) is 7.01. The van der Waals surface area contributed by atoms with Crippen LogP contribution in [-0.2, 0) is 16.1 Å². The highest BCUT2D eigenvalue weighted by Crippen LogP contribution is 2.41. The maximum Gasteiger partial charge on any atom is 0.296 e. The molecule has 0 spiro atoms. The monoisotopic (exact) mass is 419 g/mol. The lowest BCUT2D eigenvalue weighted by molar-refractivity contribution is -0.140. The van der Waals surface area contributed by atoms with Gasteiger partial charge in [0.1, 0.15) is 23.0 Å². The summed E-state index contributed by atoms with van der Waals surface area (Å²) in [5.41, 5.74) is 1.06. The van der Waals surface area contributed by atoms with Crippen LogP contribution in [0.1, 0.15) is 22.9 Å². The highest BCUT2D eigenvalue weighted by Gasteiger charge is 2.46. The fraction of sp³-hybridized carbons (Fsp3) is 0.167. The number of hydrogen-bond acceptors (Lipinski definition) is 6. The molecule has 1 N–H and O–H groups in total. The Kier molecular flexibility index (Phi) is 5.49. The van der Waals surface area contributed by atoms with E-state index in [4.69, 9.17) is 13.9 Å². The lowest BCUT2D eigenvalue weighted by atomic mass is 9.95. The molecule has 7 nitrogen and oxygen atoms in total. The lowest BCUT2D eigenvalue weighted by Crippen LogP contribution is -2.29. The van der Waals surface area contributed by atoms with E-state index in [9.17, 15) is 14.7 Å². The molecule has 1 fully saturated rings. The quantitative estimate of drug-likeness (QED) is 0.370. The van der Waals surface area contributed by atoms with Crippen LogP contribution in [0.3, 0.4) is 0 Å². The standard InChI is InChI=1S/C24H21NO6/c1-29-17-10-8-15(9-11-17)21-20(22(26)16-5-3-6-18(13-16)30-2)23(27)24(28)25(21)14-19-7-4-12-31-19/h3-13,21,26H,14H2,1-2H3. The molecule has 0 aliphatic carbocycles. The third-order valence-electron chi connectivity index (χ3n) is 5.22. The van der Waals surface area contributed by atoms with Gasteiger partial charge in [0.05, 0.1) is 38.6 Å². The first-order valence-electron chi connectivity index (χ1n) is 9.62. The Hall–Kier alpha value is -4.00. The number of carbonyl (C=O) groups is 2. The van der Waals surface area contributed by atoms with Gasteiger partial charge >= 0.3 is 0 Å². The molecule has 1 aliphatic heterocycles. The van der Waals surface area contributed by atoms with E-state index in [0.717, 1.165) is 0 Å². The zero-order valence-electron chi connectivity index (χ0n) is 17.1. The van der Waals surface area contributed by atoms with Gasteiger partial charge in [-0.25, -0.2) is 0 Å². The number of ketones is 1. The van der Waals surface area contributed by atoms with E-state index in [2.05, 4.69) is 0 Å². The zero-order chi connectivity index (χ0) is 22.0. The van der Waals surface area contributed by atoms with Crippen molar-refractivity contribution in [1.82, 2.24) is 4.90 Å². The van der Waals surface area contributed by atoms with Gasteiger partial charge in [0.25, 0.3) is 11.7 Å². The Balaban J connectivity index is 1.86. The minimum Gasteiger partial charge on any atom is -0.507 e. The molecule has 31 heavy (non-hydrogen) atoms. The average Bonchev–Trinajstić information content (AvgIpc) is 3.41. The third-order valence-corrected chi connectivity index (χ3v) is 5.22. The fourth-order valence-corrected chi connectivity index (χ4v) is 3.67. The summed E-state index contributed by atoms with van der Waals surface area (Å²) in [4.78, 5) is 27.4. The largest absolute Gasteiger partial charge is 0.507 e. The summed E-state index contributed by atoms with van der Waals surface area (Å²) in [6.45, 7) is 0.0865. The van der Waals surface area contributed by atoms with Crippen molar-refractivity contribution >= 4 is 17.4 Å². The average molecular weight is 419 g/mol. The van der Waals surface area contributed by atoms with Crippen LogP contribution < -0.4 is 9.47 Å². The first-order valence-corrected chi connectivity index (χ1v) is 9.62. The molecular formula is C24H21NO6. The number of rotatable bonds is 6. The zero-order valence-corrected chi connectivity index (χ0v) is 17.1. The van der Waals surface area contributed by atoms with Crippen LogP contribution in [0.15, 0.2) is 76.9 Å². The molecular weight excluding hydrogens is 398 g/mol. The van der Waals surface area contributed by atoms with Gasteiger partial charge in [-0.1, -0.05) is 24.3 Å². The van der Waals surface area contributed by atoms with Crippen molar-refractivity contribution in [3.05, 3.63) is 89.4 Å². The number of nitrogens with zero attached hydrogens (tertiary/aromatic N) is 1. The van der Waals surface area contributed by atoms with Crippen LogP contribution in [0.5, 0.6) is 11.5 Å². The number of Topliss-reactive ketones (excluding diaryl/α,β-unsaturated/α-hetero) is 1. The number of furan rings is 1. The summed E-state index contributed by atoms with van der Waals surface area (Å²) in [5.74, 6) is -0.0365. The predicted molar refractivity (Wildman–Crippen MR) is 113 cm³/mol. The molecule has 0 radical (unpaired) electrons. The maximum atomic E-state index is 13.0. The minimum atomic E-state index is -0.790. The normalized spacial score (nSPS) is 17.7. The van der Waals surface area contributed by atoms with Gasteiger partial charge < -0.3 is 23.9 Å². The van der Waals surface area contributed by atoms with Crippen LogP contribution in [0.4, 0.5) is 0 Å². The first kappa shape index (κ1) is 20.3. The van der Waals surface area contributed by atoms with E-state index in [-0.39, 0.29) is 17.9 Å². The van der Waals surface area contributed by atoms with Crippen molar-refractivity contribution in [2.24, 2.45) is 0 Å². The van der Waals surface area contributed by atoms with Crippen LogP contribution in [0, 0.1) is 0 Å². The molecule has 1 aromatic heterocycles. The van der Waals surface area contributed by atoms with E-state index in [1.165, 1.54) is 18.3 Å². The summed E-state index contributed by atoms with van der Waals surface area (Å²) >= 11 is 0. The highest BCUT2D eigenvalue weighted by molar-refractivity contribution is 6.46.